The molecule has 0 amide bonds. The van der Waals surface area contributed by atoms with Gasteiger partial charge >= 0.3 is 5.97 Å². The van der Waals surface area contributed by atoms with Gasteiger partial charge in [-0.2, -0.15) is 0 Å². The Morgan fingerprint density at radius 1 is 1.19 bits per heavy atom. The zero-order valence-corrected chi connectivity index (χ0v) is 14.2. The summed E-state index contributed by atoms with van der Waals surface area (Å²) in [6.07, 6.45) is 2.98. The van der Waals surface area contributed by atoms with Crippen LogP contribution in [-0.2, 0) is 11.3 Å². The average Bonchev–Trinajstić information content (AvgIpc) is 3.16. The molecule has 8 nitrogen and oxygen atoms in total. The second kappa shape index (κ2) is 8.02. The summed E-state index contributed by atoms with van der Waals surface area (Å²) >= 11 is 0. The van der Waals surface area contributed by atoms with Gasteiger partial charge in [-0.3, -0.25) is 0 Å². The van der Waals surface area contributed by atoms with E-state index in [4.69, 9.17) is 14.9 Å². The molecule has 3 rings (SSSR count). The number of aromatic nitrogens is 2. The summed E-state index contributed by atoms with van der Waals surface area (Å²) in [5.41, 5.74) is 7.44. The number of carbonyl (C=O) groups excluding carboxylic acids is 1. The van der Waals surface area contributed by atoms with Crippen LogP contribution in [0, 0.1) is 0 Å². The molecule has 0 bridgehead atoms. The van der Waals surface area contributed by atoms with Gasteiger partial charge in [0.05, 0.1) is 30.7 Å². The van der Waals surface area contributed by atoms with E-state index in [1.165, 1.54) is 6.33 Å². The van der Waals surface area contributed by atoms with Crippen LogP contribution in [0.25, 0.3) is 0 Å². The highest BCUT2D eigenvalue weighted by Crippen LogP contribution is 2.28. The number of hydrogen-bond acceptors (Lipinski definition) is 8. The van der Waals surface area contributed by atoms with E-state index >= 15 is 0 Å². The predicted molar refractivity (Wildman–Crippen MR) is 98.2 cm³/mol. The number of anilines is 4. The van der Waals surface area contributed by atoms with Crippen molar-refractivity contribution in [1.29, 1.82) is 0 Å². The van der Waals surface area contributed by atoms with Crippen molar-refractivity contribution < 1.29 is 13.9 Å². The SMILES string of the molecule is CCOC(=O)c1ccccc1Nc1ncnc(NCc2ccco2)c1N. The van der Waals surface area contributed by atoms with Gasteiger partial charge in [0.1, 0.15) is 17.8 Å². The van der Waals surface area contributed by atoms with E-state index in [1.807, 2.05) is 6.07 Å². The minimum Gasteiger partial charge on any atom is -0.467 e. The summed E-state index contributed by atoms with van der Waals surface area (Å²) in [5.74, 6) is 1.19. The molecular weight excluding hydrogens is 334 g/mol. The Morgan fingerprint density at radius 3 is 2.77 bits per heavy atom. The molecule has 0 radical (unpaired) electrons. The minimum absolute atomic E-state index is 0.295. The average molecular weight is 353 g/mol. The molecule has 0 saturated heterocycles. The van der Waals surface area contributed by atoms with E-state index in [0.717, 1.165) is 5.76 Å². The van der Waals surface area contributed by atoms with E-state index in [2.05, 4.69) is 20.6 Å². The van der Waals surface area contributed by atoms with Gasteiger partial charge in [-0.1, -0.05) is 12.1 Å². The maximum atomic E-state index is 12.1. The van der Waals surface area contributed by atoms with Crippen molar-refractivity contribution in [2.24, 2.45) is 0 Å². The van der Waals surface area contributed by atoms with Crippen molar-refractivity contribution in [3.8, 4) is 0 Å². The first-order valence-electron chi connectivity index (χ1n) is 8.09. The zero-order valence-electron chi connectivity index (χ0n) is 14.2. The first kappa shape index (κ1) is 17.3. The summed E-state index contributed by atoms with van der Waals surface area (Å²) in [4.78, 5) is 20.4. The molecule has 26 heavy (non-hydrogen) atoms. The quantitative estimate of drug-likeness (QED) is 0.555. The van der Waals surface area contributed by atoms with E-state index in [1.54, 1.807) is 43.5 Å². The summed E-state index contributed by atoms with van der Waals surface area (Å²) in [7, 11) is 0. The normalized spacial score (nSPS) is 10.3. The molecule has 0 fully saturated rings. The van der Waals surface area contributed by atoms with Crippen LogP contribution >= 0.6 is 0 Å². The van der Waals surface area contributed by atoms with Crippen molar-refractivity contribution in [1.82, 2.24) is 9.97 Å². The number of hydrogen-bond donors (Lipinski definition) is 3. The number of nitrogens with zero attached hydrogens (tertiary/aromatic N) is 2. The van der Waals surface area contributed by atoms with Crippen LogP contribution in [-0.4, -0.2) is 22.5 Å². The monoisotopic (exact) mass is 353 g/mol. The molecule has 8 heteroatoms. The number of para-hydroxylation sites is 1. The number of benzene rings is 1. The fourth-order valence-electron chi connectivity index (χ4n) is 2.33. The van der Waals surface area contributed by atoms with E-state index in [-0.39, 0.29) is 0 Å². The number of rotatable bonds is 7. The van der Waals surface area contributed by atoms with Crippen LogP contribution in [0.1, 0.15) is 23.0 Å². The third kappa shape index (κ3) is 3.92. The first-order chi connectivity index (χ1) is 12.7. The molecule has 4 N–H and O–H groups in total. The van der Waals surface area contributed by atoms with Gasteiger partial charge in [0, 0.05) is 0 Å². The number of nitrogens with two attached hydrogens (primary N) is 1. The lowest BCUT2D eigenvalue weighted by molar-refractivity contribution is 0.0527. The summed E-state index contributed by atoms with van der Waals surface area (Å²) < 4.78 is 10.3. The molecule has 0 spiro atoms. The largest absolute Gasteiger partial charge is 0.467 e. The Kier molecular flexibility index (Phi) is 5.33. The van der Waals surface area contributed by atoms with Gasteiger partial charge in [0.25, 0.3) is 0 Å². The van der Waals surface area contributed by atoms with Crippen LogP contribution in [0.5, 0.6) is 0 Å². The number of ether oxygens (including phenoxy) is 1. The molecule has 0 aliphatic rings. The van der Waals surface area contributed by atoms with Crippen LogP contribution < -0.4 is 16.4 Å². The number of nitrogens with one attached hydrogen (secondary N) is 2. The number of carbonyl (C=O) groups is 1. The maximum absolute atomic E-state index is 12.1. The standard InChI is InChI=1S/C18H19N5O3/c1-2-25-18(24)13-7-3-4-8-14(13)23-17-15(19)16(21-11-22-17)20-10-12-6-5-9-26-12/h3-9,11H,2,10,19H2,1H3,(H2,20,21,22,23). The number of nitrogen functional groups attached to an aromatic ring is 1. The molecular formula is C18H19N5O3. The van der Waals surface area contributed by atoms with Gasteiger partial charge in [0.15, 0.2) is 11.6 Å². The molecule has 1 aromatic carbocycles. The van der Waals surface area contributed by atoms with Crippen molar-refractivity contribution in [2.45, 2.75) is 13.5 Å². The number of esters is 1. The molecule has 2 heterocycles. The van der Waals surface area contributed by atoms with Gasteiger partial charge in [0.2, 0.25) is 0 Å². The molecule has 2 aromatic heterocycles. The predicted octanol–water partition coefficient (Wildman–Crippen LogP) is 3.18. The molecule has 0 saturated carbocycles. The fraction of sp³-hybridized carbons (Fsp3) is 0.167. The van der Waals surface area contributed by atoms with Gasteiger partial charge in [-0.25, -0.2) is 14.8 Å². The van der Waals surface area contributed by atoms with Crippen LogP contribution in [0.3, 0.4) is 0 Å². The molecule has 0 aliphatic heterocycles. The molecule has 134 valence electrons. The van der Waals surface area contributed by atoms with Crippen molar-refractivity contribution in [3.05, 3.63) is 60.3 Å². The number of furan rings is 1. The third-order valence-corrected chi connectivity index (χ3v) is 3.57. The van der Waals surface area contributed by atoms with Crippen LogP contribution in [0.2, 0.25) is 0 Å². The Labute approximate surface area is 150 Å². The molecule has 0 unspecified atom stereocenters. The summed E-state index contributed by atoms with van der Waals surface area (Å²) in [6.45, 7) is 2.49. The van der Waals surface area contributed by atoms with E-state index in [0.29, 0.717) is 41.7 Å². The summed E-state index contributed by atoms with van der Waals surface area (Å²) in [6, 6.07) is 10.6. The highest BCUT2D eigenvalue weighted by Gasteiger charge is 2.15. The molecule has 3 aromatic rings. The maximum Gasteiger partial charge on any atom is 0.340 e. The second-order valence-corrected chi connectivity index (χ2v) is 5.31. The van der Waals surface area contributed by atoms with Crippen LogP contribution in [0.15, 0.2) is 53.4 Å². The Bertz CT molecular complexity index is 880. The molecule has 0 atom stereocenters. The Morgan fingerprint density at radius 2 is 2.00 bits per heavy atom. The third-order valence-electron chi connectivity index (χ3n) is 3.57. The van der Waals surface area contributed by atoms with Gasteiger partial charge < -0.3 is 25.5 Å². The molecule has 0 aliphatic carbocycles. The van der Waals surface area contributed by atoms with Crippen molar-refractivity contribution in [2.75, 3.05) is 23.0 Å². The lowest BCUT2D eigenvalue weighted by Gasteiger charge is -2.14. The van der Waals surface area contributed by atoms with Gasteiger partial charge in [-0.05, 0) is 31.2 Å². The Balaban J connectivity index is 1.80. The first-order valence-corrected chi connectivity index (χ1v) is 8.09. The zero-order chi connectivity index (χ0) is 18.4. The minimum atomic E-state index is -0.417. The van der Waals surface area contributed by atoms with Crippen LogP contribution in [0.4, 0.5) is 23.0 Å². The topological polar surface area (TPSA) is 115 Å². The van der Waals surface area contributed by atoms with E-state index in [9.17, 15) is 4.79 Å². The van der Waals surface area contributed by atoms with Gasteiger partial charge in [-0.15, -0.1) is 0 Å². The van der Waals surface area contributed by atoms with E-state index < -0.39 is 5.97 Å². The fourth-order valence-corrected chi connectivity index (χ4v) is 2.33. The lowest BCUT2D eigenvalue weighted by atomic mass is 10.2. The highest BCUT2D eigenvalue weighted by atomic mass is 16.5. The smallest absolute Gasteiger partial charge is 0.340 e. The lowest BCUT2D eigenvalue weighted by Crippen LogP contribution is -2.10. The Hall–Kier alpha value is -3.55. The van der Waals surface area contributed by atoms with Crippen molar-refractivity contribution >= 4 is 29.0 Å². The highest BCUT2D eigenvalue weighted by molar-refractivity contribution is 5.97. The second-order valence-electron chi connectivity index (χ2n) is 5.31. The van der Waals surface area contributed by atoms with Crippen molar-refractivity contribution in [3.63, 3.8) is 0 Å². The summed E-state index contributed by atoms with van der Waals surface area (Å²) in [5, 5.41) is 6.17.